The van der Waals surface area contributed by atoms with Crippen molar-refractivity contribution in [3.8, 4) is 0 Å². The summed E-state index contributed by atoms with van der Waals surface area (Å²) in [5.74, 6) is 0.779. The second-order valence-corrected chi connectivity index (χ2v) is 5.79. The Morgan fingerprint density at radius 3 is 2.71 bits per heavy atom. The molecule has 0 aliphatic rings. The number of oxime groups is 1. The predicted octanol–water partition coefficient (Wildman–Crippen LogP) is 2.53. The minimum absolute atomic E-state index is 0.223. The van der Waals surface area contributed by atoms with E-state index in [9.17, 15) is 4.21 Å². The number of pyridine rings is 1. The number of hydrogen-bond donors (Lipinski definition) is 1. The Hall–Kier alpha value is -1.23. The average molecular weight is 254 g/mol. The molecule has 94 valence electrons. The van der Waals surface area contributed by atoms with Crippen molar-refractivity contribution < 1.29 is 9.42 Å². The van der Waals surface area contributed by atoms with Gasteiger partial charge in [-0.3, -0.25) is 9.19 Å². The van der Waals surface area contributed by atoms with E-state index in [1.165, 1.54) is 0 Å². The molecule has 4 nitrogen and oxygen atoms in total. The van der Waals surface area contributed by atoms with Gasteiger partial charge < -0.3 is 5.21 Å². The van der Waals surface area contributed by atoms with Crippen molar-refractivity contribution in [1.29, 1.82) is 0 Å². The van der Waals surface area contributed by atoms with E-state index in [1.807, 2.05) is 20.8 Å². The lowest BCUT2D eigenvalue weighted by atomic mass is 10.1. The predicted molar refractivity (Wildman–Crippen MR) is 69.3 cm³/mol. The number of hydrogen-bond acceptors (Lipinski definition) is 4. The highest BCUT2D eigenvalue weighted by Crippen LogP contribution is 2.21. The molecule has 1 N–H and O–H groups in total. The largest absolute Gasteiger partial charge is 0.411 e. The van der Waals surface area contributed by atoms with E-state index in [-0.39, 0.29) is 5.92 Å². The zero-order valence-electron chi connectivity index (χ0n) is 10.6. The van der Waals surface area contributed by atoms with Crippen LogP contribution in [0.1, 0.15) is 44.9 Å². The first-order valence-corrected chi connectivity index (χ1v) is 6.90. The Morgan fingerprint density at radius 1 is 1.59 bits per heavy atom. The van der Waals surface area contributed by atoms with Crippen LogP contribution in [-0.4, -0.2) is 25.9 Å². The SMILES string of the molecule is CCS(=O)c1cc(/C(C)=N/O)cnc1C(C)C. The van der Waals surface area contributed by atoms with Crippen molar-refractivity contribution >= 4 is 16.5 Å². The number of nitrogens with zero attached hydrogens (tertiary/aromatic N) is 2. The zero-order valence-corrected chi connectivity index (χ0v) is 11.4. The minimum Gasteiger partial charge on any atom is -0.411 e. The Balaban J connectivity index is 3.34. The summed E-state index contributed by atoms with van der Waals surface area (Å²) < 4.78 is 12.0. The maximum absolute atomic E-state index is 12.0. The third kappa shape index (κ3) is 3.12. The fourth-order valence-electron chi connectivity index (χ4n) is 1.48. The van der Waals surface area contributed by atoms with Crippen LogP contribution in [-0.2, 0) is 10.8 Å². The van der Waals surface area contributed by atoms with Crippen LogP contribution in [0.5, 0.6) is 0 Å². The lowest BCUT2D eigenvalue weighted by Gasteiger charge is -2.12. The second kappa shape index (κ2) is 5.91. The van der Waals surface area contributed by atoms with Gasteiger partial charge in [-0.15, -0.1) is 0 Å². The van der Waals surface area contributed by atoms with E-state index in [2.05, 4.69) is 10.1 Å². The van der Waals surface area contributed by atoms with Gasteiger partial charge in [-0.25, -0.2) is 0 Å². The normalized spacial score (nSPS) is 14.1. The molecule has 0 saturated heterocycles. The molecule has 0 spiro atoms. The van der Waals surface area contributed by atoms with Gasteiger partial charge in [-0.05, 0) is 18.9 Å². The fourth-order valence-corrected chi connectivity index (χ4v) is 2.57. The third-order valence-electron chi connectivity index (χ3n) is 2.50. The second-order valence-electron chi connectivity index (χ2n) is 4.08. The van der Waals surface area contributed by atoms with Gasteiger partial charge in [-0.1, -0.05) is 25.9 Å². The average Bonchev–Trinajstić information content (AvgIpc) is 2.35. The van der Waals surface area contributed by atoms with E-state index in [4.69, 9.17) is 5.21 Å². The molecule has 0 bridgehead atoms. The Labute approximate surface area is 104 Å². The lowest BCUT2D eigenvalue weighted by Crippen LogP contribution is -2.07. The molecule has 1 unspecified atom stereocenters. The summed E-state index contributed by atoms with van der Waals surface area (Å²) in [5, 5.41) is 11.9. The molecule has 0 aromatic carbocycles. The van der Waals surface area contributed by atoms with E-state index >= 15 is 0 Å². The number of rotatable bonds is 4. The summed E-state index contributed by atoms with van der Waals surface area (Å²) in [5.41, 5.74) is 2.02. The molecule has 0 aliphatic heterocycles. The molecule has 1 heterocycles. The summed E-state index contributed by atoms with van der Waals surface area (Å²) >= 11 is 0. The highest BCUT2D eigenvalue weighted by Gasteiger charge is 2.14. The van der Waals surface area contributed by atoms with Crippen LogP contribution in [0.25, 0.3) is 0 Å². The topological polar surface area (TPSA) is 62.5 Å². The molecule has 0 saturated carbocycles. The summed E-state index contributed by atoms with van der Waals surface area (Å²) in [6, 6.07) is 1.80. The molecule has 17 heavy (non-hydrogen) atoms. The molecule has 0 fully saturated rings. The van der Waals surface area contributed by atoms with Gasteiger partial charge in [0.25, 0.3) is 0 Å². The summed E-state index contributed by atoms with van der Waals surface area (Å²) in [6.07, 6.45) is 1.65. The van der Waals surface area contributed by atoms with Crippen molar-refractivity contribution in [2.75, 3.05) is 5.75 Å². The van der Waals surface area contributed by atoms with Crippen LogP contribution in [0.3, 0.4) is 0 Å². The van der Waals surface area contributed by atoms with Crippen LogP contribution < -0.4 is 0 Å². The zero-order chi connectivity index (χ0) is 13.0. The highest BCUT2D eigenvalue weighted by atomic mass is 32.2. The maximum atomic E-state index is 12.0. The molecule has 1 rings (SSSR count). The summed E-state index contributed by atoms with van der Waals surface area (Å²) in [7, 11) is -1.05. The van der Waals surface area contributed by atoms with Crippen molar-refractivity contribution in [3.63, 3.8) is 0 Å². The van der Waals surface area contributed by atoms with Gasteiger partial charge in [0.05, 0.1) is 27.1 Å². The van der Waals surface area contributed by atoms with Gasteiger partial charge in [0.15, 0.2) is 0 Å². The van der Waals surface area contributed by atoms with E-state index in [1.54, 1.807) is 19.2 Å². The highest BCUT2D eigenvalue weighted by molar-refractivity contribution is 7.85. The molecular weight excluding hydrogens is 236 g/mol. The van der Waals surface area contributed by atoms with Crippen molar-refractivity contribution in [3.05, 3.63) is 23.5 Å². The molecular formula is C12H18N2O2S. The van der Waals surface area contributed by atoms with Crippen LogP contribution in [0, 0.1) is 0 Å². The summed E-state index contributed by atoms with van der Waals surface area (Å²) in [4.78, 5) is 5.07. The van der Waals surface area contributed by atoms with Gasteiger partial charge in [0.2, 0.25) is 0 Å². The Kier molecular flexibility index (Phi) is 4.81. The standard InChI is InChI=1S/C12H18N2O2S/c1-5-17(16)11-6-10(9(4)14-15)7-13-12(11)8(2)3/h6-8,15H,5H2,1-4H3/b14-9+. The van der Waals surface area contributed by atoms with Gasteiger partial charge in [-0.2, -0.15) is 0 Å². The van der Waals surface area contributed by atoms with Crippen LogP contribution in [0.15, 0.2) is 22.3 Å². The summed E-state index contributed by atoms with van der Waals surface area (Å²) in [6.45, 7) is 7.60. The molecule has 0 radical (unpaired) electrons. The van der Waals surface area contributed by atoms with Crippen LogP contribution in [0.4, 0.5) is 0 Å². The van der Waals surface area contributed by atoms with E-state index in [0.29, 0.717) is 17.0 Å². The first kappa shape index (κ1) is 13.8. The molecule has 0 aliphatic carbocycles. The van der Waals surface area contributed by atoms with Crippen LogP contribution in [0.2, 0.25) is 0 Å². The smallest absolute Gasteiger partial charge is 0.0852 e. The van der Waals surface area contributed by atoms with Gasteiger partial charge in [0.1, 0.15) is 0 Å². The van der Waals surface area contributed by atoms with Gasteiger partial charge in [0, 0.05) is 17.5 Å². The van der Waals surface area contributed by atoms with E-state index in [0.717, 1.165) is 10.6 Å². The number of aromatic nitrogens is 1. The molecule has 5 heteroatoms. The Bertz CT molecular complexity index is 456. The molecule has 1 atom stereocenters. The minimum atomic E-state index is -1.05. The van der Waals surface area contributed by atoms with Gasteiger partial charge >= 0.3 is 0 Å². The van der Waals surface area contributed by atoms with Crippen molar-refractivity contribution in [1.82, 2.24) is 4.98 Å². The van der Waals surface area contributed by atoms with Crippen molar-refractivity contribution in [2.24, 2.45) is 5.16 Å². The van der Waals surface area contributed by atoms with Crippen LogP contribution >= 0.6 is 0 Å². The first-order valence-electron chi connectivity index (χ1n) is 5.58. The molecule has 1 aromatic heterocycles. The quantitative estimate of drug-likeness (QED) is 0.510. The monoisotopic (exact) mass is 254 g/mol. The molecule has 1 aromatic rings. The lowest BCUT2D eigenvalue weighted by molar-refractivity contribution is 0.319. The molecule has 0 amide bonds. The van der Waals surface area contributed by atoms with Crippen molar-refractivity contribution in [2.45, 2.75) is 38.5 Å². The first-order chi connectivity index (χ1) is 8.01. The Morgan fingerprint density at radius 2 is 2.24 bits per heavy atom. The fraction of sp³-hybridized carbons (Fsp3) is 0.500. The maximum Gasteiger partial charge on any atom is 0.0852 e. The van der Waals surface area contributed by atoms with E-state index < -0.39 is 10.8 Å². The third-order valence-corrected chi connectivity index (χ3v) is 3.85.